The number of hydrazone groups is 1. The van der Waals surface area contributed by atoms with Gasteiger partial charge in [-0.1, -0.05) is 48.0 Å². The van der Waals surface area contributed by atoms with Gasteiger partial charge in [0, 0.05) is 39.1 Å². The number of aryl methyl sites for hydroxylation is 2. The topological polar surface area (TPSA) is 55.1 Å². The molecule has 0 saturated carbocycles. The Morgan fingerprint density at radius 1 is 1.06 bits per heavy atom. The Morgan fingerprint density at radius 2 is 1.91 bits per heavy atom. The van der Waals surface area contributed by atoms with Gasteiger partial charge in [0.25, 0.3) is 0 Å². The Balaban J connectivity index is 1.32. The van der Waals surface area contributed by atoms with Gasteiger partial charge >= 0.3 is 0 Å². The number of rotatable bonds is 5. The molecule has 3 aromatic heterocycles. The Hall–Kier alpha value is -3.22. The average molecular weight is 472 g/mol. The summed E-state index contributed by atoms with van der Waals surface area (Å²) >= 11 is 8.21. The molecule has 0 spiro atoms. The van der Waals surface area contributed by atoms with E-state index >= 15 is 0 Å². The minimum Gasteiger partial charge on any atom is -0.342 e. The standard InChI is InChI=1S/C26H22ClN5S/c27-21-10-4-1-7-17(21)14-32-15-18(19-8-2-5-11-22(19)32)13-30-31-25-24-20-9-3-6-12-23(20)33-26(24)29-16-28-25/h1-2,4-5,7-8,10-11,13,15-16H,3,6,9,12,14H2,(H,28,29,31). The average Bonchev–Trinajstić information content (AvgIpc) is 3.40. The molecule has 0 unspecified atom stereocenters. The number of benzene rings is 2. The molecule has 0 radical (unpaired) electrons. The molecule has 0 bridgehead atoms. The van der Waals surface area contributed by atoms with Crippen molar-refractivity contribution in [3.05, 3.63) is 87.6 Å². The molecule has 1 aliphatic rings. The summed E-state index contributed by atoms with van der Waals surface area (Å²) in [6.45, 7) is 0.703. The quantitative estimate of drug-likeness (QED) is 0.230. The van der Waals surface area contributed by atoms with Crippen molar-refractivity contribution in [2.75, 3.05) is 5.43 Å². The molecule has 5 aromatic rings. The number of aromatic nitrogens is 3. The SMILES string of the molecule is Clc1ccccc1Cn1cc(C=NNc2ncnc3sc4c(c23)CCCC4)c2ccccc21. The number of fused-ring (bicyclic) bond motifs is 4. The number of hydrogen-bond acceptors (Lipinski definition) is 5. The Kier molecular flexibility index (Phi) is 5.32. The molecule has 33 heavy (non-hydrogen) atoms. The van der Waals surface area contributed by atoms with Crippen molar-refractivity contribution in [3.63, 3.8) is 0 Å². The van der Waals surface area contributed by atoms with E-state index in [9.17, 15) is 0 Å². The molecule has 1 aliphatic carbocycles. The van der Waals surface area contributed by atoms with E-state index in [0.29, 0.717) is 6.54 Å². The minimum absolute atomic E-state index is 0.703. The van der Waals surface area contributed by atoms with Gasteiger partial charge in [-0.25, -0.2) is 9.97 Å². The highest BCUT2D eigenvalue weighted by molar-refractivity contribution is 7.19. The minimum atomic E-state index is 0.703. The van der Waals surface area contributed by atoms with Crippen LogP contribution in [0.1, 0.15) is 34.4 Å². The van der Waals surface area contributed by atoms with E-state index in [4.69, 9.17) is 11.6 Å². The first-order chi connectivity index (χ1) is 16.3. The van der Waals surface area contributed by atoms with Crippen LogP contribution < -0.4 is 5.43 Å². The van der Waals surface area contributed by atoms with Crippen LogP contribution in [-0.2, 0) is 19.4 Å². The van der Waals surface area contributed by atoms with Gasteiger partial charge in [0.15, 0.2) is 5.82 Å². The van der Waals surface area contributed by atoms with Gasteiger partial charge in [0.2, 0.25) is 0 Å². The zero-order chi connectivity index (χ0) is 22.2. The first kappa shape index (κ1) is 20.4. The maximum Gasteiger partial charge on any atom is 0.158 e. The summed E-state index contributed by atoms with van der Waals surface area (Å²) in [5.41, 5.74) is 7.88. The first-order valence-corrected chi connectivity index (χ1v) is 12.3. The molecule has 3 heterocycles. The van der Waals surface area contributed by atoms with Gasteiger partial charge in [0.1, 0.15) is 11.2 Å². The molecule has 2 aromatic carbocycles. The number of para-hydroxylation sites is 1. The van der Waals surface area contributed by atoms with E-state index < -0.39 is 0 Å². The second-order valence-corrected chi connectivity index (χ2v) is 9.80. The van der Waals surface area contributed by atoms with Crippen molar-refractivity contribution < 1.29 is 0 Å². The summed E-state index contributed by atoms with van der Waals surface area (Å²) in [5.74, 6) is 0.787. The fourth-order valence-corrected chi connectivity index (χ4v) is 6.08. The monoisotopic (exact) mass is 471 g/mol. The Bertz CT molecular complexity index is 1500. The van der Waals surface area contributed by atoms with Crippen LogP contribution in [0.25, 0.3) is 21.1 Å². The molecule has 164 valence electrons. The van der Waals surface area contributed by atoms with Gasteiger partial charge < -0.3 is 4.57 Å². The predicted molar refractivity (Wildman–Crippen MR) is 138 cm³/mol. The second kappa shape index (κ2) is 8.61. The molecule has 0 fully saturated rings. The number of anilines is 1. The highest BCUT2D eigenvalue weighted by atomic mass is 35.5. The molecular weight excluding hydrogens is 450 g/mol. The third-order valence-corrected chi connectivity index (χ3v) is 7.81. The maximum atomic E-state index is 6.41. The Labute approximate surface area is 200 Å². The predicted octanol–water partition coefficient (Wildman–Crippen LogP) is 6.67. The third kappa shape index (κ3) is 3.79. The second-order valence-electron chi connectivity index (χ2n) is 8.30. The normalized spacial score (nSPS) is 13.7. The van der Waals surface area contributed by atoms with Crippen molar-refractivity contribution >= 4 is 56.1 Å². The summed E-state index contributed by atoms with van der Waals surface area (Å²) in [5, 5.41) is 7.64. The lowest BCUT2D eigenvalue weighted by atomic mass is 9.97. The van der Waals surface area contributed by atoms with E-state index in [1.807, 2.05) is 24.4 Å². The zero-order valence-electron chi connectivity index (χ0n) is 18.0. The smallest absolute Gasteiger partial charge is 0.158 e. The number of hydrogen-bond donors (Lipinski definition) is 1. The highest BCUT2D eigenvalue weighted by Gasteiger charge is 2.19. The molecule has 1 N–H and O–H groups in total. The number of halogens is 1. The molecule has 5 nitrogen and oxygen atoms in total. The van der Waals surface area contributed by atoms with E-state index in [0.717, 1.165) is 55.9 Å². The van der Waals surface area contributed by atoms with Crippen LogP contribution in [-0.4, -0.2) is 20.7 Å². The van der Waals surface area contributed by atoms with E-state index in [1.54, 1.807) is 17.7 Å². The van der Waals surface area contributed by atoms with Gasteiger partial charge in [-0.15, -0.1) is 11.3 Å². The highest BCUT2D eigenvalue weighted by Crippen LogP contribution is 2.38. The van der Waals surface area contributed by atoms with Crippen molar-refractivity contribution in [1.82, 2.24) is 14.5 Å². The fourth-order valence-electron chi connectivity index (χ4n) is 4.66. The summed E-state index contributed by atoms with van der Waals surface area (Å²) in [6.07, 6.45) is 10.3. The van der Waals surface area contributed by atoms with E-state index in [-0.39, 0.29) is 0 Å². The molecule has 0 amide bonds. The summed E-state index contributed by atoms with van der Waals surface area (Å²) < 4.78 is 2.22. The van der Waals surface area contributed by atoms with Crippen molar-refractivity contribution in [3.8, 4) is 0 Å². The van der Waals surface area contributed by atoms with Crippen molar-refractivity contribution in [2.45, 2.75) is 32.2 Å². The van der Waals surface area contributed by atoms with Crippen LogP contribution >= 0.6 is 22.9 Å². The van der Waals surface area contributed by atoms with Crippen LogP contribution in [0.5, 0.6) is 0 Å². The summed E-state index contributed by atoms with van der Waals surface area (Å²) in [6, 6.07) is 16.3. The lowest BCUT2D eigenvalue weighted by Crippen LogP contribution is -2.01. The van der Waals surface area contributed by atoms with Crippen LogP contribution in [0.2, 0.25) is 5.02 Å². The van der Waals surface area contributed by atoms with Crippen molar-refractivity contribution in [2.24, 2.45) is 5.10 Å². The fraction of sp³-hybridized carbons (Fsp3) is 0.192. The summed E-state index contributed by atoms with van der Waals surface area (Å²) in [4.78, 5) is 11.5. The van der Waals surface area contributed by atoms with Crippen molar-refractivity contribution in [1.29, 1.82) is 0 Å². The van der Waals surface area contributed by atoms with Gasteiger partial charge in [-0.3, -0.25) is 5.43 Å². The molecule has 7 heteroatoms. The van der Waals surface area contributed by atoms with Crippen LogP contribution in [0.3, 0.4) is 0 Å². The summed E-state index contributed by atoms with van der Waals surface area (Å²) in [7, 11) is 0. The van der Waals surface area contributed by atoms with Gasteiger partial charge in [-0.2, -0.15) is 5.10 Å². The van der Waals surface area contributed by atoms with E-state index in [2.05, 4.69) is 61.6 Å². The molecule has 0 aliphatic heterocycles. The first-order valence-electron chi connectivity index (χ1n) is 11.1. The maximum absolute atomic E-state index is 6.41. The van der Waals surface area contributed by atoms with Gasteiger partial charge in [0.05, 0.1) is 11.6 Å². The molecule has 6 rings (SSSR count). The lowest BCUT2D eigenvalue weighted by Gasteiger charge is -2.11. The lowest BCUT2D eigenvalue weighted by molar-refractivity contribution is 0.700. The number of nitrogens with zero attached hydrogens (tertiary/aromatic N) is 4. The van der Waals surface area contributed by atoms with Crippen LogP contribution in [0.4, 0.5) is 5.82 Å². The number of thiophene rings is 1. The Morgan fingerprint density at radius 3 is 2.85 bits per heavy atom. The number of nitrogens with one attached hydrogen (secondary N) is 1. The van der Waals surface area contributed by atoms with E-state index in [1.165, 1.54) is 23.3 Å². The van der Waals surface area contributed by atoms with Gasteiger partial charge in [-0.05, 0) is 48.9 Å². The van der Waals surface area contributed by atoms with Crippen LogP contribution in [0.15, 0.2) is 66.2 Å². The molecule has 0 atom stereocenters. The third-order valence-electron chi connectivity index (χ3n) is 6.24. The molecular formula is C26H22ClN5S. The van der Waals surface area contributed by atoms with Crippen LogP contribution in [0, 0.1) is 0 Å². The zero-order valence-corrected chi connectivity index (χ0v) is 19.5. The largest absolute Gasteiger partial charge is 0.342 e. The molecule has 0 saturated heterocycles.